The average Bonchev–Trinajstić information content (AvgIpc) is 2.30. The number of hydrogen-bond acceptors (Lipinski definition) is 3. The summed E-state index contributed by atoms with van der Waals surface area (Å²) in [5, 5.41) is 7.39. The fourth-order valence-electron chi connectivity index (χ4n) is 0.783. The Bertz CT molecular complexity index is 241. The Labute approximate surface area is 58.8 Å². The lowest BCUT2D eigenvalue weighted by molar-refractivity contribution is 0.111. The maximum absolute atomic E-state index is 10.2. The molecule has 0 aliphatic heterocycles. The second kappa shape index (κ2) is 2.60. The molecule has 4 nitrogen and oxygen atoms in total. The number of carbonyl (C=O) groups excluding carboxylic acids is 1. The highest BCUT2D eigenvalue weighted by Crippen LogP contribution is 1.98. The van der Waals surface area contributed by atoms with Crippen LogP contribution in [0, 0.1) is 6.92 Å². The van der Waals surface area contributed by atoms with E-state index in [4.69, 9.17) is 0 Å². The van der Waals surface area contributed by atoms with E-state index >= 15 is 0 Å². The lowest BCUT2D eigenvalue weighted by Gasteiger charge is -1.93. The minimum atomic E-state index is 0.432. The molecule has 0 atom stereocenters. The zero-order chi connectivity index (χ0) is 7.56. The Kier molecular flexibility index (Phi) is 1.80. The van der Waals surface area contributed by atoms with Crippen molar-refractivity contribution in [1.82, 2.24) is 15.0 Å². The second-order valence-electron chi connectivity index (χ2n) is 1.99. The van der Waals surface area contributed by atoms with Gasteiger partial charge in [-0.25, -0.2) is 4.68 Å². The lowest BCUT2D eigenvalue weighted by atomic mass is 10.4. The first-order valence-corrected chi connectivity index (χ1v) is 3.14. The van der Waals surface area contributed by atoms with Crippen molar-refractivity contribution in [3.05, 3.63) is 11.4 Å². The van der Waals surface area contributed by atoms with Gasteiger partial charge in [-0.3, -0.25) is 4.79 Å². The SMILES string of the molecule is CCn1nnc(C=O)c1C. The third-order valence-electron chi connectivity index (χ3n) is 1.43. The predicted molar refractivity (Wildman–Crippen MR) is 35.8 cm³/mol. The van der Waals surface area contributed by atoms with Crippen LogP contribution in [0.25, 0.3) is 0 Å². The molecular weight excluding hydrogens is 130 g/mol. The molecule has 10 heavy (non-hydrogen) atoms. The van der Waals surface area contributed by atoms with Gasteiger partial charge in [0.05, 0.1) is 5.69 Å². The molecular formula is C6H9N3O. The van der Waals surface area contributed by atoms with E-state index in [0.717, 1.165) is 12.2 Å². The zero-order valence-electron chi connectivity index (χ0n) is 6.03. The quantitative estimate of drug-likeness (QED) is 0.558. The van der Waals surface area contributed by atoms with E-state index in [-0.39, 0.29) is 0 Å². The number of carbonyl (C=O) groups is 1. The molecule has 0 saturated heterocycles. The summed E-state index contributed by atoms with van der Waals surface area (Å²) < 4.78 is 1.68. The summed E-state index contributed by atoms with van der Waals surface area (Å²) in [6.07, 6.45) is 0.717. The van der Waals surface area contributed by atoms with Gasteiger partial charge in [0, 0.05) is 6.54 Å². The van der Waals surface area contributed by atoms with Gasteiger partial charge in [-0.15, -0.1) is 5.10 Å². The van der Waals surface area contributed by atoms with Crippen LogP contribution < -0.4 is 0 Å². The van der Waals surface area contributed by atoms with E-state index in [1.165, 1.54) is 0 Å². The highest BCUT2D eigenvalue weighted by molar-refractivity contribution is 5.72. The third kappa shape index (κ3) is 0.920. The fourth-order valence-corrected chi connectivity index (χ4v) is 0.783. The minimum absolute atomic E-state index is 0.432. The van der Waals surface area contributed by atoms with Gasteiger partial charge in [0.2, 0.25) is 0 Å². The van der Waals surface area contributed by atoms with Gasteiger partial charge in [0.25, 0.3) is 0 Å². The molecule has 0 bridgehead atoms. The van der Waals surface area contributed by atoms with Crippen LogP contribution in [0.2, 0.25) is 0 Å². The summed E-state index contributed by atoms with van der Waals surface area (Å²) in [5.41, 5.74) is 1.26. The number of rotatable bonds is 2. The van der Waals surface area contributed by atoms with E-state index in [1.807, 2.05) is 13.8 Å². The summed E-state index contributed by atoms with van der Waals surface area (Å²) >= 11 is 0. The molecule has 0 amide bonds. The molecule has 0 aromatic carbocycles. The monoisotopic (exact) mass is 139 g/mol. The number of nitrogens with zero attached hydrogens (tertiary/aromatic N) is 3. The number of aryl methyl sites for hydroxylation is 1. The molecule has 0 aliphatic rings. The van der Waals surface area contributed by atoms with Crippen molar-refractivity contribution in [2.45, 2.75) is 20.4 Å². The molecule has 0 N–H and O–H groups in total. The van der Waals surface area contributed by atoms with Crippen LogP contribution in [-0.4, -0.2) is 21.3 Å². The molecule has 0 saturated carbocycles. The summed E-state index contributed by atoms with van der Waals surface area (Å²) in [6, 6.07) is 0. The molecule has 1 aromatic heterocycles. The van der Waals surface area contributed by atoms with Gasteiger partial charge in [0.1, 0.15) is 5.69 Å². The molecule has 0 radical (unpaired) electrons. The highest BCUT2D eigenvalue weighted by atomic mass is 16.1. The normalized spacial score (nSPS) is 9.80. The average molecular weight is 139 g/mol. The second-order valence-corrected chi connectivity index (χ2v) is 1.99. The van der Waals surface area contributed by atoms with Gasteiger partial charge in [0.15, 0.2) is 6.29 Å². The van der Waals surface area contributed by atoms with E-state index in [2.05, 4.69) is 10.3 Å². The van der Waals surface area contributed by atoms with Crippen molar-refractivity contribution < 1.29 is 4.79 Å². The van der Waals surface area contributed by atoms with Gasteiger partial charge >= 0.3 is 0 Å². The Morgan fingerprint density at radius 3 is 2.70 bits per heavy atom. The van der Waals surface area contributed by atoms with Crippen LogP contribution in [0.15, 0.2) is 0 Å². The molecule has 1 rings (SSSR count). The first-order chi connectivity index (χ1) is 4.79. The van der Waals surface area contributed by atoms with E-state index < -0.39 is 0 Å². The smallest absolute Gasteiger partial charge is 0.172 e. The maximum atomic E-state index is 10.2. The van der Waals surface area contributed by atoms with Crippen LogP contribution in [0.1, 0.15) is 23.1 Å². The Hall–Kier alpha value is -1.19. The number of aromatic nitrogens is 3. The van der Waals surface area contributed by atoms with Crippen molar-refractivity contribution in [2.24, 2.45) is 0 Å². The van der Waals surface area contributed by atoms with Crippen LogP contribution in [0.3, 0.4) is 0 Å². The van der Waals surface area contributed by atoms with Crippen LogP contribution in [-0.2, 0) is 6.54 Å². The molecule has 54 valence electrons. The molecule has 1 aromatic rings. The highest BCUT2D eigenvalue weighted by Gasteiger charge is 2.03. The summed E-state index contributed by atoms with van der Waals surface area (Å²) in [5.74, 6) is 0. The van der Waals surface area contributed by atoms with E-state index in [0.29, 0.717) is 12.0 Å². The molecule has 0 unspecified atom stereocenters. The summed E-state index contributed by atoms with van der Waals surface area (Å²) in [6.45, 7) is 4.54. The summed E-state index contributed by atoms with van der Waals surface area (Å²) in [7, 11) is 0. The van der Waals surface area contributed by atoms with Crippen molar-refractivity contribution in [3.63, 3.8) is 0 Å². The van der Waals surface area contributed by atoms with E-state index in [1.54, 1.807) is 4.68 Å². The predicted octanol–water partition coefficient (Wildman–Crippen LogP) is 0.419. The van der Waals surface area contributed by atoms with Crippen molar-refractivity contribution in [2.75, 3.05) is 0 Å². The zero-order valence-corrected chi connectivity index (χ0v) is 6.03. The molecule has 0 spiro atoms. The van der Waals surface area contributed by atoms with Gasteiger partial charge in [-0.2, -0.15) is 0 Å². The van der Waals surface area contributed by atoms with Crippen LogP contribution in [0.4, 0.5) is 0 Å². The van der Waals surface area contributed by atoms with Crippen LogP contribution in [0.5, 0.6) is 0 Å². The van der Waals surface area contributed by atoms with Gasteiger partial charge in [-0.05, 0) is 13.8 Å². The van der Waals surface area contributed by atoms with Crippen molar-refractivity contribution in [3.8, 4) is 0 Å². The molecule has 4 heteroatoms. The first-order valence-electron chi connectivity index (χ1n) is 3.14. The molecule has 0 fully saturated rings. The van der Waals surface area contributed by atoms with Crippen molar-refractivity contribution >= 4 is 6.29 Å². The largest absolute Gasteiger partial charge is 0.296 e. The van der Waals surface area contributed by atoms with E-state index in [9.17, 15) is 4.79 Å². The van der Waals surface area contributed by atoms with Gasteiger partial charge < -0.3 is 0 Å². The topological polar surface area (TPSA) is 47.8 Å². The molecule has 1 heterocycles. The Morgan fingerprint density at radius 2 is 2.40 bits per heavy atom. The molecule has 0 aliphatic carbocycles. The summed E-state index contributed by atoms with van der Waals surface area (Å²) in [4.78, 5) is 10.2. The third-order valence-corrected chi connectivity index (χ3v) is 1.43. The number of aldehydes is 1. The fraction of sp³-hybridized carbons (Fsp3) is 0.500. The Balaban J connectivity index is 3.08. The van der Waals surface area contributed by atoms with Crippen LogP contribution >= 0.6 is 0 Å². The van der Waals surface area contributed by atoms with Gasteiger partial charge in [-0.1, -0.05) is 5.21 Å². The number of hydrogen-bond donors (Lipinski definition) is 0. The lowest BCUT2D eigenvalue weighted by Crippen LogP contribution is -1.98. The first kappa shape index (κ1) is 6.92. The Morgan fingerprint density at radius 1 is 1.70 bits per heavy atom. The standard InChI is InChI=1S/C6H9N3O/c1-3-9-5(2)6(4-10)7-8-9/h4H,3H2,1-2H3. The maximum Gasteiger partial charge on any atom is 0.172 e. The van der Waals surface area contributed by atoms with Crippen molar-refractivity contribution in [1.29, 1.82) is 0 Å². The minimum Gasteiger partial charge on any atom is -0.296 e.